The highest BCUT2D eigenvalue weighted by molar-refractivity contribution is 7.89. The van der Waals surface area contributed by atoms with Crippen molar-refractivity contribution in [3.63, 3.8) is 0 Å². The first-order valence-electron chi connectivity index (χ1n) is 6.64. The lowest BCUT2D eigenvalue weighted by molar-refractivity contribution is 0.0698. The first-order chi connectivity index (χ1) is 9.66. The molecule has 0 aromatic carbocycles. The van der Waals surface area contributed by atoms with Crippen molar-refractivity contribution in [2.45, 2.75) is 24.8 Å². The van der Waals surface area contributed by atoms with Crippen molar-refractivity contribution in [2.75, 3.05) is 27.2 Å². The number of thiophene rings is 1. The quantitative estimate of drug-likeness (QED) is 0.900. The summed E-state index contributed by atoms with van der Waals surface area (Å²) in [5.74, 6) is -0.981. The van der Waals surface area contributed by atoms with E-state index >= 15 is 0 Å². The third-order valence-corrected chi connectivity index (χ3v) is 7.15. The summed E-state index contributed by atoms with van der Waals surface area (Å²) in [5.41, 5.74) is 0.498. The van der Waals surface area contributed by atoms with Gasteiger partial charge in [-0.3, -0.25) is 0 Å². The first-order valence-corrected chi connectivity index (χ1v) is 8.96. The summed E-state index contributed by atoms with van der Waals surface area (Å²) in [6.07, 6.45) is 0. The molecule has 2 atom stereocenters. The van der Waals surface area contributed by atoms with Gasteiger partial charge < -0.3 is 10.0 Å². The molecule has 2 rings (SSSR count). The third kappa shape index (κ3) is 2.85. The Hall–Kier alpha value is -0.960. The summed E-state index contributed by atoms with van der Waals surface area (Å²) in [6.45, 7) is 4.46. The molecule has 0 bridgehead atoms. The maximum absolute atomic E-state index is 12.8. The van der Waals surface area contributed by atoms with E-state index in [2.05, 4.69) is 0 Å². The highest BCUT2D eigenvalue weighted by Crippen LogP contribution is 2.33. The molecule has 21 heavy (non-hydrogen) atoms. The summed E-state index contributed by atoms with van der Waals surface area (Å²) < 4.78 is 27.0. The van der Waals surface area contributed by atoms with E-state index < -0.39 is 16.0 Å². The van der Waals surface area contributed by atoms with E-state index in [-0.39, 0.29) is 21.7 Å². The van der Waals surface area contributed by atoms with Crippen molar-refractivity contribution in [1.29, 1.82) is 0 Å². The number of carbonyl (C=O) groups is 1. The second-order valence-electron chi connectivity index (χ2n) is 5.71. The maximum Gasteiger partial charge on any atom is 0.347 e. The standard InChI is InChI=1S/C13H20N2O4S2/c1-8-5-15(6-10(8)14(3)4)21(18,19)12-9(2)7-20-11(12)13(16)17/h7-8,10H,5-6H2,1-4H3,(H,16,17). The Labute approximate surface area is 129 Å². The molecule has 2 heterocycles. The van der Waals surface area contributed by atoms with Crippen molar-refractivity contribution < 1.29 is 18.3 Å². The Morgan fingerprint density at radius 1 is 1.43 bits per heavy atom. The lowest BCUT2D eigenvalue weighted by Gasteiger charge is -2.22. The molecule has 1 aromatic rings. The molecule has 1 N–H and O–H groups in total. The Balaban J connectivity index is 2.41. The molecule has 1 fully saturated rings. The molecule has 8 heteroatoms. The summed E-state index contributed by atoms with van der Waals surface area (Å²) in [5, 5.41) is 10.8. The fraction of sp³-hybridized carbons (Fsp3) is 0.615. The minimum absolute atomic E-state index is 0.0494. The van der Waals surface area contributed by atoms with Crippen LogP contribution < -0.4 is 0 Å². The van der Waals surface area contributed by atoms with Crippen LogP contribution in [0, 0.1) is 12.8 Å². The van der Waals surface area contributed by atoms with Crippen LogP contribution in [0.5, 0.6) is 0 Å². The van der Waals surface area contributed by atoms with Crippen molar-refractivity contribution in [1.82, 2.24) is 9.21 Å². The number of carboxylic acids is 1. The number of sulfonamides is 1. The second-order valence-corrected chi connectivity index (χ2v) is 8.47. The first kappa shape index (κ1) is 16.4. The van der Waals surface area contributed by atoms with Crippen molar-refractivity contribution in [3.05, 3.63) is 15.8 Å². The lowest BCUT2D eigenvalue weighted by Crippen LogP contribution is -2.36. The van der Waals surface area contributed by atoms with E-state index in [9.17, 15) is 18.3 Å². The van der Waals surface area contributed by atoms with Gasteiger partial charge in [0.2, 0.25) is 10.0 Å². The average molecular weight is 332 g/mol. The summed E-state index contributed by atoms with van der Waals surface area (Å²) in [4.78, 5) is 13.1. The molecule has 1 saturated heterocycles. The number of aryl methyl sites for hydroxylation is 1. The summed E-state index contributed by atoms with van der Waals surface area (Å²) in [6, 6.07) is 0.145. The average Bonchev–Trinajstić information content (AvgIpc) is 2.93. The van der Waals surface area contributed by atoms with Crippen molar-refractivity contribution in [3.8, 4) is 0 Å². The van der Waals surface area contributed by atoms with Crippen LogP contribution in [0.15, 0.2) is 10.3 Å². The molecule has 2 unspecified atom stereocenters. The van der Waals surface area contributed by atoms with Crippen LogP contribution in [-0.2, 0) is 10.0 Å². The number of aromatic carboxylic acids is 1. The largest absolute Gasteiger partial charge is 0.477 e. The molecule has 0 spiro atoms. The topological polar surface area (TPSA) is 77.9 Å². The van der Waals surface area contributed by atoms with E-state index in [0.29, 0.717) is 18.7 Å². The van der Waals surface area contributed by atoms with Gasteiger partial charge in [0.25, 0.3) is 0 Å². The number of likely N-dealkylation sites (N-methyl/N-ethyl adjacent to an activating group) is 1. The Morgan fingerprint density at radius 3 is 2.52 bits per heavy atom. The van der Waals surface area contributed by atoms with Crippen LogP contribution in [0.2, 0.25) is 0 Å². The lowest BCUT2D eigenvalue weighted by atomic mass is 10.1. The molecule has 6 nitrogen and oxygen atoms in total. The molecular formula is C13H20N2O4S2. The molecule has 0 amide bonds. The molecule has 118 valence electrons. The maximum atomic E-state index is 12.8. The van der Waals surface area contributed by atoms with Crippen LogP contribution in [0.1, 0.15) is 22.2 Å². The molecule has 0 saturated carbocycles. The van der Waals surface area contributed by atoms with Gasteiger partial charge in [0.15, 0.2) is 0 Å². The minimum Gasteiger partial charge on any atom is -0.477 e. The number of hydrogen-bond acceptors (Lipinski definition) is 5. The number of rotatable bonds is 4. The number of carboxylic acid groups (broad SMARTS) is 1. The zero-order chi connectivity index (χ0) is 15.9. The molecule has 1 aliphatic heterocycles. The Kier molecular flexibility index (Phi) is 4.44. The van der Waals surface area contributed by atoms with Crippen LogP contribution >= 0.6 is 11.3 Å². The van der Waals surface area contributed by atoms with E-state index in [1.807, 2.05) is 25.9 Å². The third-order valence-electron chi connectivity index (χ3n) is 3.91. The molecule has 0 radical (unpaired) electrons. The van der Waals surface area contributed by atoms with Crippen LogP contribution in [-0.4, -0.2) is 61.9 Å². The van der Waals surface area contributed by atoms with E-state index in [1.54, 1.807) is 12.3 Å². The van der Waals surface area contributed by atoms with E-state index in [0.717, 1.165) is 11.3 Å². The minimum atomic E-state index is -3.76. The fourth-order valence-corrected chi connectivity index (χ4v) is 5.95. The van der Waals surface area contributed by atoms with E-state index in [4.69, 9.17) is 0 Å². The number of nitrogens with zero attached hydrogens (tertiary/aromatic N) is 2. The fourth-order valence-electron chi connectivity index (χ4n) is 2.81. The van der Waals surface area contributed by atoms with Crippen LogP contribution in [0.25, 0.3) is 0 Å². The normalized spacial score (nSPS) is 23.9. The SMILES string of the molecule is Cc1csc(C(=O)O)c1S(=O)(=O)N1CC(C)C(N(C)C)C1. The predicted octanol–water partition coefficient (Wildman–Crippen LogP) is 1.33. The van der Waals surface area contributed by atoms with Gasteiger partial charge in [0.1, 0.15) is 9.77 Å². The molecule has 0 aliphatic carbocycles. The molecule has 1 aliphatic rings. The monoisotopic (exact) mass is 332 g/mol. The highest BCUT2D eigenvalue weighted by Gasteiger charge is 2.40. The summed E-state index contributed by atoms with van der Waals surface area (Å²) >= 11 is 0.962. The smallest absolute Gasteiger partial charge is 0.347 e. The second kappa shape index (κ2) is 5.68. The van der Waals surface area contributed by atoms with Gasteiger partial charge >= 0.3 is 5.97 Å². The van der Waals surface area contributed by atoms with Crippen molar-refractivity contribution in [2.24, 2.45) is 5.92 Å². The van der Waals surface area contributed by atoms with Crippen LogP contribution in [0.4, 0.5) is 0 Å². The Bertz CT molecular complexity index is 651. The number of hydrogen-bond donors (Lipinski definition) is 1. The van der Waals surface area contributed by atoms with Gasteiger partial charge in [-0.1, -0.05) is 6.92 Å². The van der Waals surface area contributed by atoms with Gasteiger partial charge in [-0.05, 0) is 37.9 Å². The van der Waals surface area contributed by atoms with Gasteiger partial charge in [-0.25, -0.2) is 13.2 Å². The van der Waals surface area contributed by atoms with Crippen LogP contribution in [0.3, 0.4) is 0 Å². The zero-order valence-corrected chi connectivity index (χ0v) is 14.2. The summed E-state index contributed by atoms with van der Waals surface area (Å²) in [7, 11) is 0.0880. The van der Waals surface area contributed by atoms with Gasteiger partial charge in [-0.15, -0.1) is 11.3 Å². The zero-order valence-electron chi connectivity index (χ0n) is 12.5. The van der Waals surface area contributed by atoms with Gasteiger partial charge in [0, 0.05) is 19.1 Å². The van der Waals surface area contributed by atoms with E-state index in [1.165, 1.54) is 4.31 Å². The molecular weight excluding hydrogens is 312 g/mol. The molecule has 1 aromatic heterocycles. The predicted molar refractivity (Wildman–Crippen MR) is 81.4 cm³/mol. The Morgan fingerprint density at radius 2 is 2.05 bits per heavy atom. The van der Waals surface area contributed by atoms with Gasteiger partial charge in [-0.2, -0.15) is 4.31 Å². The highest BCUT2D eigenvalue weighted by atomic mass is 32.2. The van der Waals surface area contributed by atoms with Crippen molar-refractivity contribution >= 4 is 27.3 Å². The van der Waals surface area contributed by atoms with Gasteiger partial charge in [0.05, 0.1) is 0 Å².